The molecule has 0 aromatic rings. The zero-order valence-electron chi connectivity index (χ0n) is 8.13. The van der Waals surface area contributed by atoms with Gasteiger partial charge in [0.2, 0.25) is 0 Å². The molecule has 0 bridgehead atoms. The Balaban J connectivity index is 2.63. The SMILES string of the molecule is CC(C)(C)CC1(OO)C=CCC1. The van der Waals surface area contributed by atoms with Crippen LogP contribution in [0.15, 0.2) is 12.2 Å². The lowest BCUT2D eigenvalue weighted by Gasteiger charge is -2.31. The standard InChI is InChI=1S/C10H18O2/c1-9(2,3)8-10(12-11)6-4-5-7-10/h4,6,11H,5,7-8H2,1-3H3. The van der Waals surface area contributed by atoms with Crippen molar-refractivity contribution in [3.05, 3.63) is 12.2 Å². The van der Waals surface area contributed by atoms with Crippen LogP contribution in [0.1, 0.15) is 40.0 Å². The fourth-order valence-electron chi connectivity index (χ4n) is 1.86. The summed E-state index contributed by atoms with van der Waals surface area (Å²) in [6.45, 7) is 6.46. The smallest absolute Gasteiger partial charge is 0.122 e. The third-order valence-corrected chi connectivity index (χ3v) is 2.17. The van der Waals surface area contributed by atoms with Gasteiger partial charge in [0.25, 0.3) is 0 Å². The summed E-state index contributed by atoms with van der Waals surface area (Å²) in [4.78, 5) is 4.59. The van der Waals surface area contributed by atoms with Crippen molar-refractivity contribution < 1.29 is 10.1 Å². The van der Waals surface area contributed by atoms with Gasteiger partial charge in [-0.05, 0) is 24.7 Å². The highest BCUT2D eigenvalue weighted by molar-refractivity contribution is 5.09. The molecule has 1 aliphatic rings. The van der Waals surface area contributed by atoms with E-state index in [1.165, 1.54) is 0 Å². The number of rotatable bonds is 2. The predicted octanol–water partition coefficient (Wildman–Crippen LogP) is 3.00. The predicted molar refractivity (Wildman–Crippen MR) is 48.9 cm³/mol. The second-order valence-electron chi connectivity index (χ2n) is 4.83. The van der Waals surface area contributed by atoms with Crippen molar-refractivity contribution in [1.82, 2.24) is 0 Å². The van der Waals surface area contributed by atoms with Gasteiger partial charge >= 0.3 is 0 Å². The minimum absolute atomic E-state index is 0.192. The van der Waals surface area contributed by atoms with Crippen molar-refractivity contribution in [3.63, 3.8) is 0 Å². The monoisotopic (exact) mass is 170 g/mol. The molecule has 1 N–H and O–H groups in total. The van der Waals surface area contributed by atoms with Crippen molar-refractivity contribution in [2.45, 2.75) is 45.6 Å². The summed E-state index contributed by atoms with van der Waals surface area (Å²) in [5.74, 6) is 0. The molecule has 2 nitrogen and oxygen atoms in total. The Bertz CT molecular complexity index is 179. The van der Waals surface area contributed by atoms with E-state index in [0.29, 0.717) is 0 Å². The van der Waals surface area contributed by atoms with Gasteiger partial charge in [-0.3, -0.25) is 5.26 Å². The molecular formula is C10H18O2. The normalized spacial score (nSPS) is 29.7. The zero-order valence-corrected chi connectivity index (χ0v) is 8.13. The fraction of sp³-hybridized carbons (Fsp3) is 0.800. The molecule has 0 amide bonds. The van der Waals surface area contributed by atoms with E-state index >= 15 is 0 Å². The second kappa shape index (κ2) is 3.19. The van der Waals surface area contributed by atoms with Crippen molar-refractivity contribution in [3.8, 4) is 0 Å². The average Bonchev–Trinajstić information content (AvgIpc) is 2.34. The van der Waals surface area contributed by atoms with Gasteiger partial charge in [0.05, 0.1) is 0 Å². The van der Waals surface area contributed by atoms with Gasteiger partial charge in [0.1, 0.15) is 5.60 Å². The summed E-state index contributed by atoms with van der Waals surface area (Å²) in [6, 6.07) is 0. The number of allylic oxidation sites excluding steroid dienone is 1. The Morgan fingerprint density at radius 2 is 2.17 bits per heavy atom. The first-order chi connectivity index (χ1) is 5.47. The number of hydrogen-bond acceptors (Lipinski definition) is 2. The molecule has 12 heavy (non-hydrogen) atoms. The molecule has 0 heterocycles. The first-order valence-electron chi connectivity index (χ1n) is 4.48. The zero-order chi connectivity index (χ0) is 9.24. The van der Waals surface area contributed by atoms with E-state index in [0.717, 1.165) is 19.3 Å². The van der Waals surface area contributed by atoms with Crippen LogP contribution in [0.4, 0.5) is 0 Å². The molecule has 0 saturated carbocycles. The molecule has 1 unspecified atom stereocenters. The second-order valence-corrected chi connectivity index (χ2v) is 4.83. The highest BCUT2D eigenvalue weighted by atomic mass is 17.1. The lowest BCUT2D eigenvalue weighted by molar-refractivity contribution is -0.313. The fourth-order valence-corrected chi connectivity index (χ4v) is 1.86. The van der Waals surface area contributed by atoms with Gasteiger partial charge in [-0.15, -0.1) is 0 Å². The van der Waals surface area contributed by atoms with Gasteiger partial charge in [-0.25, -0.2) is 4.89 Å². The first kappa shape index (κ1) is 9.75. The lowest BCUT2D eigenvalue weighted by Crippen LogP contribution is -2.31. The van der Waals surface area contributed by atoms with Crippen LogP contribution in [-0.2, 0) is 4.89 Å². The van der Waals surface area contributed by atoms with Crippen molar-refractivity contribution in [2.24, 2.45) is 5.41 Å². The van der Waals surface area contributed by atoms with Crippen LogP contribution in [0.2, 0.25) is 0 Å². The Hall–Kier alpha value is -0.340. The Labute approximate surface area is 74.2 Å². The minimum Gasteiger partial charge on any atom is -0.251 e. The van der Waals surface area contributed by atoms with Crippen LogP contribution >= 0.6 is 0 Å². The molecule has 1 rings (SSSR count). The van der Waals surface area contributed by atoms with Crippen LogP contribution in [-0.4, -0.2) is 10.9 Å². The molecular weight excluding hydrogens is 152 g/mol. The quantitative estimate of drug-likeness (QED) is 0.392. The Morgan fingerprint density at radius 3 is 2.50 bits per heavy atom. The number of hydrogen-bond donors (Lipinski definition) is 1. The molecule has 0 aromatic carbocycles. The molecule has 1 atom stereocenters. The summed E-state index contributed by atoms with van der Waals surface area (Å²) < 4.78 is 0. The molecule has 2 heteroatoms. The molecule has 0 spiro atoms. The summed E-state index contributed by atoms with van der Waals surface area (Å²) in [5, 5.41) is 8.83. The van der Waals surface area contributed by atoms with Crippen molar-refractivity contribution >= 4 is 0 Å². The van der Waals surface area contributed by atoms with E-state index in [9.17, 15) is 0 Å². The average molecular weight is 170 g/mol. The van der Waals surface area contributed by atoms with E-state index in [1.807, 2.05) is 6.08 Å². The van der Waals surface area contributed by atoms with Crippen molar-refractivity contribution in [2.75, 3.05) is 0 Å². The van der Waals surface area contributed by atoms with Crippen LogP contribution in [0, 0.1) is 5.41 Å². The van der Waals surface area contributed by atoms with E-state index in [2.05, 4.69) is 31.7 Å². The lowest BCUT2D eigenvalue weighted by atomic mass is 9.81. The topological polar surface area (TPSA) is 29.5 Å². The Morgan fingerprint density at radius 1 is 1.50 bits per heavy atom. The Kier molecular flexibility index (Phi) is 2.59. The minimum atomic E-state index is -0.405. The summed E-state index contributed by atoms with van der Waals surface area (Å²) in [6.07, 6.45) is 6.84. The van der Waals surface area contributed by atoms with Crippen molar-refractivity contribution in [1.29, 1.82) is 0 Å². The highest BCUT2D eigenvalue weighted by Crippen LogP contribution is 2.37. The molecule has 0 radical (unpaired) electrons. The van der Waals surface area contributed by atoms with Crippen LogP contribution in [0.5, 0.6) is 0 Å². The van der Waals surface area contributed by atoms with Crippen LogP contribution in [0.3, 0.4) is 0 Å². The largest absolute Gasteiger partial charge is 0.251 e. The molecule has 0 saturated heterocycles. The van der Waals surface area contributed by atoms with Gasteiger partial charge in [0.15, 0.2) is 0 Å². The summed E-state index contributed by atoms with van der Waals surface area (Å²) in [7, 11) is 0. The first-order valence-corrected chi connectivity index (χ1v) is 4.48. The molecule has 1 aliphatic carbocycles. The summed E-state index contributed by atoms with van der Waals surface area (Å²) >= 11 is 0. The van der Waals surface area contributed by atoms with E-state index < -0.39 is 5.60 Å². The molecule has 0 aliphatic heterocycles. The highest BCUT2D eigenvalue weighted by Gasteiger charge is 2.35. The van der Waals surface area contributed by atoms with Crippen LogP contribution in [0.25, 0.3) is 0 Å². The van der Waals surface area contributed by atoms with Gasteiger partial charge in [-0.1, -0.05) is 32.9 Å². The third-order valence-electron chi connectivity index (χ3n) is 2.17. The molecule has 70 valence electrons. The maximum Gasteiger partial charge on any atom is 0.122 e. The van der Waals surface area contributed by atoms with E-state index in [-0.39, 0.29) is 5.41 Å². The maximum absolute atomic E-state index is 8.83. The molecule has 0 aromatic heterocycles. The molecule has 0 fully saturated rings. The summed E-state index contributed by atoms with van der Waals surface area (Å²) in [5.41, 5.74) is -0.213. The third kappa shape index (κ3) is 2.32. The van der Waals surface area contributed by atoms with Gasteiger partial charge < -0.3 is 0 Å². The van der Waals surface area contributed by atoms with Crippen LogP contribution < -0.4 is 0 Å². The van der Waals surface area contributed by atoms with Gasteiger partial charge in [0, 0.05) is 0 Å². The maximum atomic E-state index is 8.83. The van der Waals surface area contributed by atoms with E-state index in [1.54, 1.807) is 0 Å². The van der Waals surface area contributed by atoms with Gasteiger partial charge in [-0.2, -0.15) is 0 Å². The van der Waals surface area contributed by atoms with E-state index in [4.69, 9.17) is 5.26 Å².